The smallest absolute Gasteiger partial charge is 0.308 e. The van der Waals surface area contributed by atoms with E-state index in [9.17, 15) is 19.8 Å². The van der Waals surface area contributed by atoms with E-state index in [4.69, 9.17) is 14.9 Å². The van der Waals surface area contributed by atoms with Gasteiger partial charge < -0.3 is 25.2 Å². The summed E-state index contributed by atoms with van der Waals surface area (Å²) in [6.07, 6.45) is 1.91. The van der Waals surface area contributed by atoms with Crippen molar-refractivity contribution in [2.75, 3.05) is 0 Å². The van der Waals surface area contributed by atoms with E-state index in [1.165, 1.54) is 0 Å². The van der Waals surface area contributed by atoms with Crippen molar-refractivity contribution in [3.05, 3.63) is 0 Å². The van der Waals surface area contributed by atoms with Gasteiger partial charge in [-0.15, -0.1) is 0 Å². The maximum atomic E-state index is 10.8. The summed E-state index contributed by atoms with van der Waals surface area (Å²) in [7, 11) is 0. The van der Waals surface area contributed by atoms with Gasteiger partial charge in [0.15, 0.2) is 0 Å². The maximum Gasteiger partial charge on any atom is 0.308 e. The largest absolute Gasteiger partial charge is 0.481 e. The number of carboxylic acid groups (broad SMARTS) is 1. The van der Waals surface area contributed by atoms with E-state index in [-0.39, 0.29) is 31.3 Å². The molecule has 7 heteroatoms. The number of carbonyl (C=O) groups is 2. The molecule has 0 aromatic rings. The summed E-state index contributed by atoms with van der Waals surface area (Å²) in [5, 5.41) is 35.7. The first kappa shape index (κ1) is 21.8. The van der Waals surface area contributed by atoms with Gasteiger partial charge in [0.05, 0.1) is 31.2 Å². The molecule has 1 aliphatic rings. The van der Waals surface area contributed by atoms with Gasteiger partial charge in [0.25, 0.3) is 0 Å². The summed E-state index contributed by atoms with van der Waals surface area (Å²) in [6, 6.07) is 0. The first-order valence-corrected chi connectivity index (χ1v) is 8.23. The Kier molecular flexibility index (Phi) is 11.6. The molecule has 1 rings (SSSR count). The van der Waals surface area contributed by atoms with Crippen LogP contribution >= 0.6 is 0 Å². The summed E-state index contributed by atoms with van der Waals surface area (Å²) in [6.45, 7) is 3.96. The minimum absolute atomic E-state index is 0.0451. The number of hydrogen-bond acceptors (Lipinski definition) is 6. The molecule has 23 heavy (non-hydrogen) atoms. The first-order valence-electron chi connectivity index (χ1n) is 8.23. The lowest BCUT2D eigenvalue weighted by molar-refractivity contribution is -0.160. The maximum absolute atomic E-state index is 10.8. The molecule has 7 nitrogen and oxygen atoms in total. The Morgan fingerprint density at radius 2 is 1.91 bits per heavy atom. The standard InChI is InChI=1S/C8H16O4.C8H14O3/c1-2-3-6(9)4-7(10)5-8(11)12;1-2-3-7-4-6(9)5-8(10)11-7/h6-7,9-10H,2-5H2,1H3,(H,11,12);6-7,9H,2-5H2,1H3/t6?,7-;6-,7?/m11/s1. The Morgan fingerprint density at radius 1 is 1.26 bits per heavy atom. The first-order chi connectivity index (χ1) is 10.8. The van der Waals surface area contributed by atoms with Crippen LogP contribution < -0.4 is 0 Å². The van der Waals surface area contributed by atoms with Crippen molar-refractivity contribution in [1.29, 1.82) is 0 Å². The highest BCUT2D eigenvalue weighted by atomic mass is 16.5. The Bertz CT molecular complexity index is 345. The van der Waals surface area contributed by atoms with E-state index in [1.54, 1.807) is 0 Å². The summed E-state index contributed by atoms with van der Waals surface area (Å²) in [5.41, 5.74) is 0. The van der Waals surface area contributed by atoms with Gasteiger partial charge in [-0.3, -0.25) is 9.59 Å². The topological polar surface area (TPSA) is 124 Å². The number of esters is 1. The van der Waals surface area contributed by atoms with Crippen molar-refractivity contribution in [2.45, 2.75) is 89.6 Å². The predicted octanol–water partition coefficient (Wildman–Crippen LogP) is 1.23. The quantitative estimate of drug-likeness (QED) is 0.492. The number of aliphatic carboxylic acids is 1. The minimum atomic E-state index is -1.04. The molecule has 136 valence electrons. The third kappa shape index (κ3) is 12.0. The number of carbonyl (C=O) groups excluding carboxylic acids is 1. The van der Waals surface area contributed by atoms with Crippen LogP contribution in [0.5, 0.6) is 0 Å². The van der Waals surface area contributed by atoms with Crippen molar-refractivity contribution < 1.29 is 34.8 Å². The van der Waals surface area contributed by atoms with Crippen molar-refractivity contribution in [3.63, 3.8) is 0 Å². The number of cyclic esters (lactones) is 1. The number of hydrogen-bond donors (Lipinski definition) is 4. The van der Waals surface area contributed by atoms with Crippen LogP contribution in [-0.4, -0.2) is 56.8 Å². The van der Waals surface area contributed by atoms with E-state index in [2.05, 4.69) is 0 Å². The molecule has 1 aliphatic heterocycles. The normalized spacial score (nSPS) is 23.3. The Hall–Kier alpha value is -1.18. The number of aliphatic hydroxyl groups is 3. The molecule has 0 aliphatic carbocycles. The second-order valence-electron chi connectivity index (χ2n) is 5.92. The van der Waals surface area contributed by atoms with Gasteiger partial charge in [0, 0.05) is 6.42 Å². The summed E-state index contributed by atoms with van der Waals surface area (Å²) in [4.78, 5) is 20.9. The van der Waals surface area contributed by atoms with Crippen molar-refractivity contribution in [3.8, 4) is 0 Å². The number of ether oxygens (including phenoxy) is 1. The van der Waals surface area contributed by atoms with E-state index < -0.39 is 24.3 Å². The van der Waals surface area contributed by atoms with Gasteiger partial charge in [-0.05, 0) is 19.3 Å². The fourth-order valence-corrected chi connectivity index (χ4v) is 2.41. The summed E-state index contributed by atoms with van der Waals surface area (Å²) >= 11 is 0. The van der Waals surface area contributed by atoms with E-state index in [0.29, 0.717) is 12.8 Å². The van der Waals surface area contributed by atoms with Crippen LogP contribution in [0.4, 0.5) is 0 Å². The zero-order chi connectivity index (χ0) is 17.8. The fraction of sp³-hybridized carbons (Fsp3) is 0.875. The highest BCUT2D eigenvalue weighted by Gasteiger charge is 2.26. The number of aliphatic hydroxyl groups excluding tert-OH is 3. The van der Waals surface area contributed by atoms with Crippen molar-refractivity contribution >= 4 is 11.9 Å². The van der Waals surface area contributed by atoms with Gasteiger partial charge in [0.1, 0.15) is 6.10 Å². The van der Waals surface area contributed by atoms with Crippen LogP contribution in [0.15, 0.2) is 0 Å². The second-order valence-corrected chi connectivity index (χ2v) is 5.92. The average Bonchev–Trinajstić information content (AvgIpc) is 2.37. The van der Waals surface area contributed by atoms with Crippen LogP contribution in [0, 0.1) is 0 Å². The molecule has 1 fully saturated rings. The lowest BCUT2D eigenvalue weighted by atomic mass is 10.0. The minimum Gasteiger partial charge on any atom is -0.481 e. The highest BCUT2D eigenvalue weighted by molar-refractivity contribution is 5.70. The monoisotopic (exact) mass is 334 g/mol. The molecule has 2 unspecified atom stereocenters. The molecule has 0 spiro atoms. The Labute approximate surface area is 137 Å². The van der Waals surface area contributed by atoms with Gasteiger partial charge in [-0.2, -0.15) is 0 Å². The summed E-state index contributed by atoms with van der Waals surface area (Å²) in [5.74, 6) is -1.30. The molecular weight excluding hydrogens is 304 g/mol. The molecule has 0 saturated carbocycles. The second kappa shape index (κ2) is 12.3. The third-order valence-electron chi connectivity index (χ3n) is 3.42. The van der Waals surface area contributed by atoms with Crippen LogP contribution in [0.2, 0.25) is 0 Å². The highest BCUT2D eigenvalue weighted by Crippen LogP contribution is 2.18. The average molecular weight is 334 g/mol. The van der Waals surface area contributed by atoms with Crippen LogP contribution in [-0.2, 0) is 14.3 Å². The lowest BCUT2D eigenvalue weighted by Crippen LogP contribution is -2.32. The molecule has 1 saturated heterocycles. The Morgan fingerprint density at radius 3 is 2.39 bits per heavy atom. The van der Waals surface area contributed by atoms with Crippen LogP contribution in [0.3, 0.4) is 0 Å². The Balaban J connectivity index is 0.000000422. The predicted molar refractivity (Wildman–Crippen MR) is 83.8 cm³/mol. The molecule has 0 aromatic heterocycles. The van der Waals surface area contributed by atoms with E-state index in [1.807, 2.05) is 13.8 Å². The molecule has 0 radical (unpaired) electrons. The van der Waals surface area contributed by atoms with E-state index in [0.717, 1.165) is 19.3 Å². The van der Waals surface area contributed by atoms with Crippen molar-refractivity contribution in [1.82, 2.24) is 0 Å². The molecule has 0 amide bonds. The van der Waals surface area contributed by atoms with Crippen LogP contribution in [0.25, 0.3) is 0 Å². The number of carboxylic acids is 1. The fourth-order valence-electron chi connectivity index (χ4n) is 2.41. The SMILES string of the molecule is CCCC(O)C[C@@H](O)CC(=O)O.CCCC1C[C@@H](O)CC(=O)O1. The lowest BCUT2D eigenvalue weighted by Gasteiger charge is -2.25. The van der Waals surface area contributed by atoms with Gasteiger partial charge >= 0.3 is 11.9 Å². The molecule has 4 atom stereocenters. The molecule has 0 bridgehead atoms. The molecule has 4 N–H and O–H groups in total. The van der Waals surface area contributed by atoms with Gasteiger partial charge in [-0.1, -0.05) is 26.7 Å². The molecule has 0 aromatic carbocycles. The molecule has 1 heterocycles. The zero-order valence-corrected chi connectivity index (χ0v) is 14.0. The zero-order valence-electron chi connectivity index (χ0n) is 14.0. The summed E-state index contributed by atoms with van der Waals surface area (Å²) < 4.78 is 5.00. The van der Waals surface area contributed by atoms with Crippen molar-refractivity contribution in [2.24, 2.45) is 0 Å². The van der Waals surface area contributed by atoms with Gasteiger partial charge in [0.2, 0.25) is 0 Å². The third-order valence-corrected chi connectivity index (χ3v) is 3.42. The van der Waals surface area contributed by atoms with Crippen LogP contribution in [0.1, 0.15) is 65.2 Å². The van der Waals surface area contributed by atoms with E-state index >= 15 is 0 Å². The van der Waals surface area contributed by atoms with Gasteiger partial charge in [-0.25, -0.2) is 0 Å². The number of rotatable bonds is 8. The molecular formula is C16H30O7.